The standard InChI is InChI=1S/C24H19ClF3N5O4S/c25-22-17-11-21(37-20(17)6-8-30-22)38(35,36)33-9-1-2-19(33)23(34)32-13-16-10-14(5-7-29-16)18-4-3-15(12-31-18)24(26,27)28/h3-8,10-12,19H,1-2,9,13H2,(H,32,34)/t19-/m0/s1. The zero-order valence-electron chi connectivity index (χ0n) is 19.4. The highest BCUT2D eigenvalue weighted by Gasteiger charge is 2.41. The van der Waals surface area contributed by atoms with Gasteiger partial charge in [0.15, 0.2) is 0 Å². The molecule has 0 spiro atoms. The average Bonchev–Trinajstić information content (AvgIpc) is 3.56. The maximum absolute atomic E-state index is 13.3. The van der Waals surface area contributed by atoms with Crippen LogP contribution in [0.25, 0.3) is 22.2 Å². The number of hydrogen-bond acceptors (Lipinski definition) is 7. The second-order valence-corrected chi connectivity index (χ2v) is 10.7. The first-order chi connectivity index (χ1) is 18.0. The van der Waals surface area contributed by atoms with Crippen LogP contribution in [0.15, 0.2) is 64.5 Å². The van der Waals surface area contributed by atoms with Crippen molar-refractivity contribution < 1.29 is 30.8 Å². The van der Waals surface area contributed by atoms with Crippen LogP contribution in [0.3, 0.4) is 0 Å². The van der Waals surface area contributed by atoms with Crippen LogP contribution in [0.2, 0.25) is 5.15 Å². The molecule has 0 aliphatic carbocycles. The Bertz CT molecular complexity index is 1610. The van der Waals surface area contributed by atoms with Crippen LogP contribution in [0, 0.1) is 0 Å². The van der Waals surface area contributed by atoms with Gasteiger partial charge in [-0.15, -0.1) is 0 Å². The van der Waals surface area contributed by atoms with Gasteiger partial charge in [-0.05, 0) is 43.2 Å². The lowest BCUT2D eigenvalue weighted by molar-refractivity contribution is -0.137. The highest BCUT2D eigenvalue weighted by atomic mass is 35.5. The lowest BCUT2D eigenvalue weighted by atomic mass is 10.1. The van der Waals surface area contributed by atoms with E-state index in [0.717, 1.165) is 16.6 Å². The highest BCUT2D eigenvalue weighted by molar-refractivity contribution is 7.89. The van der Waals surface area contributed by atoms with Crippen molar-refractivity contribution >= 4 is 38.5 Å². The van der Waals surface area contributed by atoms with Crippen LogP contribution < -0.4 is 5.32 Å². The van der Waals surface area contributed by atoms with Crippen LogP contribution in [0.4, 0.5) is 13.2 Å². The van der Waals surface area contributed by atoms with E-state index in [4.69, 9.17) is 16.0 Å². The predicted molar refractivity (Wildman–Crippen MR) is 130 cm³/mol. The summed E-state index contributed by atoms with van der Waals surface area (Å²) < 4.78 is 71.6. The van der Waals surface area contributed by atoms with Crippen molar-refractivity contribution in [3.05, 3.63) is 71.4 Å². The molecule has 0 unspecified atom stereocenters. The molecule has 1 aliphatic heterocycles. The summed E-state index contributed by atoms with van der Waals surface area (Å²) in [5.41, 5.74) is 0.645. The third kappa shape index (κ3) is 5.08. The van der Waals surface area contributed by atoms with E-state index in [2.05, 4.69) is 20.3 Å². The number of fused-ring (bicyclic) bond motifs is 1. The minimum Gasteiger partial charge on any atom is -0.443 e. The Balaban J connectivity index is 1.29. The number of sulfonamides is 1. The normalized spacial score (nSPS) is 16.7. The maximum Gasteiger partial charge on any atom is 0.417 e. The minimum atomic E-state index is -4.49. The fourth-order valence-electron chi connectivity index (χ4n) is 4.20. The topological polar surface area (TPSA) is 118 Å². The molecule has 9 nitrogen and oxygen atoms in total. The Morgan fingerprint density at radius 1 is 1.13 bits per heavy atom. The van der Waals surface area contributed by atoms with Gasteiger partial charge in [0.05, 0.1) is 28.9 Å². The number of nitrogens with one attached hydrogen (secondary N) is 1. The summed E-state index contributed by atoms with van der Waals surface area (Å²) >= 11 is 6.04. The Hall–Kier alpha value is -3.55. The van der Waals surface area contributed by atoms with Crippen molar-refractivity contribution in [3.8, 4) is 11.3 Å². The molecule has 1 N–H and O–H groups in total. The number of hydrogen-bond donors (Lipinski definition) is 1. The monoisotopic (exact) mass is 565 g/mol. The number of alkyl halides is 3. The maximum atomic E-state index is 13.3. The van der Waals surface area contributed by atoms with E-state index in [1.54, 1.807) is 12.1 Å². The zero-order valence-corrected chi connectivity index (χ0v) is 21.0. The molecule has 0 aromatic carbocycles. The molecule has 1 amide bonds. The van der Waals surface area contributed by atoms with Gasteiger partial charge >= 0.3 is 6.18 Å². The number of aromatic nitrogens is 3. The first kappa shape index (κ1) is 26.1. The molecule has 1 aliphatic rings. The van der Waals surface area contributed by atoms with Crippen molar-refractivity contribution in [2.45, 2.75) is 36.7 Å². The fraction of sp³-hybridized carbons (Fsp3) is 0.250. The Labute approximate surface area is 219 Å². The van der Waals surface area contributed by atoms with E-state index in [-0.39, 0.29) is 28.9 Å². The predicted octanol–water partition coefficient (Wildman–Crippen LogP) is 4.43. The van der Waals surface area contributed by atoms with E-state index in [0.29, 0.717) is 35.2 Å². The first-order valence-corrected chi connectivity index (χ1v) is 13.2. The largest absolute Gasteiger partial charge is 0.443 e. The quantitative estimate of drug-likeness (QED) is 0.344. The number of halogens is 4. The Morgan fingerprint density at radius 2 is 1.92 bits per heavy atom. The molecule has 5 heterocycles. The van der Waals surface area contributed by atoms with Gasteiger partial charge in [-0.25, -0.2) is 13.4 Å². The number of carbonyl (C=O) groups is 1. The highest BCUT2D eigenvalue weighted by Crippen LogP contribution is 2.32. The Morgan fingerprint density at radius 3 is 2.63 bits per heavy atom. The molecule has 1 atom stereocenters. The van der Waals surface area contributed by atoms with Crippen molar-refractivity contribution in [1.29, 1.82) is 0 Å². The van der Waals surface area contributed by atoms with E-state index in [1.165, 1.54) is 30.6 Å². The summed E-state index contributed by atoms with van der Waals surface area (Å²) in [6.45, 7) is 0.111. The van der Waals surface area contributed by atoms with Gasteiger partial charge in [-0.1, -0.05) is 11.6 Å². The Kier molecular flexibility index (Phi) is 6.84. The van der Waals surface area contributed by atoms with Crippen LogP contribution in [0.1, 0.15) is 24.1 Å². The van der Waals surface area contributed by atoms with Crippen LogP contribution >= 0.6 is 11.6 Å². The number of amides is 1. The zero-order chi connectivity index (χ0) is 27.1. The van der Waals surface area contributed by atoms with Gasteiger partial charge in [0.25, 0.3) is 10.0 Å². The third-order valence-corrected chi connectivity index (χ3v) is 8.16. The van der Waals surface area contributed by atoms with Gasteiger partial charge in [0.1, 0.15) is 16.8 Å². The lowest BCUT2D eigenvalue weighted by Gasteiger charge is -2.22. The van der Waals surface area contributed by atoms with Crippen molar-refractivity contribution in [2.24, 2.45) is 0 Å². The van der Waals surface area contributed by atoms with Crippen LogP contribution in [-0.2, 0) is 27.5 Å². The van der Waals surface area contributed by atoms with Crippen molar-refractivity contribution in [3.63, 3.8) is 0 Å². The number of rotatable bonds is 6. The van der Waals surface area contributed by atoms with E-state index in [9.17, 15) is 26.4 Å². The number of furan rings is 1. The molecule has 0 saturated carbocycles. The summed E-state index contributed by atoms with van der Waals surface area (Å²) in [5.74, 6) is -0.512. The minimum absolute atomic E-state index is 0.0242. The van der Waals surface area contributed by atoms with Gasteiger partial charge in [0.2, 0.25) is 11.0 Å². The van der Waals surface area contributed by atoms with Crippen LogP contribution in [0.5, 0.6) is 0 Å². The second kappa shape index (κ2) is 9.97. The van der Waals surface area contributed by atoms with Gasteiger partial charge in [-0.3, -0.25) is 14.8 Å². The third-order valence-electron chi connectivity index (χ3n) is 6.09. The molecule has 14 heteroatoms. The molecule has 0 bridgehead atoms. The van der Waals surface area contributed by atoms with Gasteiger partial charge < -0.3 is 9.73 Å². The molecule has 1 saturated heterocycles. The SMILES string of the molecule is O=C(NCc1cc(-c2ccc(C(F)(F)F)cn2)ccn1)[C@@H]1CCCN1S(=O)(=O)c1cc2c(Cl)nccc2o1. The van der Waals surface area contributed by atoms with Gasteiger partial charge in [-0.2, -0.15) is 17.5 Å². The molecule has 1 fully saturated rings. The summed E-state index contributed by atoms with van der Waals surface area (Å²) in [7, 11) is -4.14. The molecule has 198 valence electrons. The summed E-state index contributed by atoms with van der Waals surface area (Å²) in [6.07, 6.45) is -0.102. The molecular formula is C24H19ClF3N5O4S. The molecular weight excluding hydrogens is 547 g/mol. The van der Waals surface area contributed by atoms with E-state index >= 15 is 0 Å². The summed E-state index contributed by atoms with van der Waals surface area (Å²) in [5, 5.41) is 2.82. The molecule has 4 aromatic rings. The van der Waals surface area contributed by atoms with Crippen LogP contribution in [-0.4, -0.2) is 46.2 Å². The molecule has 4 aromatic heterocycles. The smallest absolute Gasteiger partial charge is 0.417 e. The number of nitrogens with zero attached hydrogens (tertiary/aromatic N) is 4. The van der Waals surface area contributed by atoms with Crippen molar-refractivity contribution in [2.75, 3.05) is 6.54 Å². The molecule has 0 radical (unpaired) electrons. The average molecular weight is 566 g/mol. The first-order valence-electron chi connectivity index (χ1n) is 11.4. The number of pyridine rings is 3. The molecule has 5 rings (SSSR count). The fourth-order valence-corrected chi connectivity index (χ4v) is 6.00. The lowest BCUT2D eigenvalue weighted by Crippen LogP contribution is -2.45. The number of carbonyl (C=O) groups excluding carboxylic acids is 1. The second-order valence-electron chi connectivity index (χ2n) is 8.54. The van der Waals surface area contributed by atoms with E-state index in [1.807, 2.05) is 0 Å². The van der Waals surface area contributed by atoms with Gasteiger partial charge in [0, 0.05) is 36.8 Å². The molecule has 38 heavy (non-hydrogen) atoms. The summed E-state index contributed by atoms with van der Waals surface area (Å²) in [4.78, 5) is 25.0. The van der Waals surface area contributed by atoms with Crippen molar-refractivity contribution in [1.82, 2.24) is 24.6 Å². The summed E-state index contributed by atoms with van der Waals surface area (Å²) in [6, 6.07) is 7.19. The van der Waals surface area contributed by atoms with E-state index < -0.39 is 33.7 Å².